The highest BCUT2D eigenvalue weighted by Gasteiger charge is 2.17. The molecule has 0 radical (unpaired) electrons. The minimum atomic E-state index is -1.12. The van der Waals surface area contributed by atoms with Gasteiger partial charge in [-0.2, -0.15) is 5.26 Å². The number of anilines is 1. The first-order chi connectivity index (χ1) is 19.4. The fourth-order valence-corrected chi connectivity index (χ4v) is 4.56. The van der Waals surface area contributed by atoms with Crippen molar-refractivity contribution in [2.75, 3.05) is 11.9 Å². The highest BCUT2D eigenvalue weighted by atomic mass is 16.5. The zero-order valence-electron chi connectivity index (χ0n) is 22.6. The fraction of sp³-hybridized carbons (Fsp3) is 0.212. The number of nitriles is 1. The summed E-state index contributed by atoms with van der Waals surface area (Å²) < 4.78 is 6.20. The van der Waals surface area contributed by atoms with Crippen molar-refractivity contribution in [3.63, 3.8) is 0 Å². The Hall–Kier alpha value is -4.64. The lowest BCUT2D eigenvalue weighted by molar-refractivity contribution is -0.140. The van der Waals surface area contributed by atoms with E-state index in [4.69, 9.17) is 4.74 Å². The summed E-state index contributed by atoms with van der Waals surface area (Å²) in [7, 11) is 0. The Morgan fingerprint density at radius 1 is 0.950 bits per heavy atom. The van der Waals surface area contributed by atoms with E-state index >= 15 is 0 Å². The van der Waals surface area contributed by atoms with Crippen LogP contribution in [0.2, 0.25) is 0 Å². The minimum Gasteiger partial charge on any atom is -0.488 e. The number of aryl methyl sites for hydroxylation is 1. The normalized spacial score (nSPS) is 11.4. The SMILES string of the molecule is Cc1cc(CN[C@H](CO)C(=O)O)c(OCc2cccc(C#N)c2)cc1NCc1cccc(-c2ccccc2)c1C. The molecule has 1 atom stereocenters. The van der Waals surface area contributed by atoms with E-state index in [1.165, 1.54) is 22.3 Å². The first-order valence-electron chi connectivity index (χ1n) is 13.1. The van der Waals surface area contributed by atoms with Gasteiger partial charge >= 0.3 is 5.97 Å². The summed E-state index contributed by atoms with van der Waals surface area (Å²) in [5.74, 6) is -0.541. The van der Waals surface area contributed by atoms with E-state index in [1.807, 2.05) is 49.4 Å². The van der Waals surface area contributed by atoms with Crippen LogP contribution in [0.4, 0.5) is 5.69 Å². The van der Waals surface area contributed by atoms with Crippen LogP contribution >= 0.6 is 0 Å². The van der Waals surface area contributed by atoms with Crippen LogP contribution in [0, 0.1) is 25.2 Å². The molecule has 4 N–H and O–H groups in total. The predicted octanol–water partition coefficient (Wildman–Crippen LogP) is 5.57. The third-order valence-electron chi connectivity index (χ3n) is 6.88. The molecular formula is C33H33N3O4. The lowest BCUT2D eigenvalue weighted by atomic mass is 9.96. The van der Waals surface area contributed by atoms with Gasteiger partial charge < -0.3 is 20.3 Å². The molecule has 4 aromatic rings. The molecule has 0 unspecified atom stereocenters. The number of hydrogen-bond acceptors (Lipinski definition) is 6. The van der Waals surface area contributed by atoms with Gasteiger partial charge in [0.2, 0.25) is 0 Å². The van der Waals surface area contributed by atoms with Crippen LogP contribution < -0.4 is 15.4 Å². The molecule has 0 heterocycles. The monoisotopic (exact) mass is 535 g/mol. The molecule has 40 heavy (non-hydrogen) atoms. The van der Waals surface area contributed by atoms with Crippen LogP contribution in [0.1, 0.15) is 33.4 Å². The van der Waals surface area contributed by atoms with Gasteiger partial charge in [0.05, 0.1) is 18.2 Å². The Bertz CT molecular complexity index is 1510. The van der Waals surface area contributed by atoms with Gasteiger partial charge in [0.15, 0.2) is 0 Å². The molecule has 0 amide bonds. The molecule has 0 saturated carbocycles. The van der Waals surface area contributed by atoms with Gasteiger partial charge in [0.25, 0.3) is 0 Å². The Kier molecular flexibility index (Phi) is 9.53. The number of ether oxygens (including phenoxy) is 1. The molecular weight excluding hydrogens is 502 g/mol. The standard InChI is InChI=1S/C33H33N3O4/c1-22-14-28(19-36-31(20-37)33(38)39)32(40-21-25-9-6-8-24(15-25)17-34)16-30(22)35-18-27-12-7-13-29(23(27)2)26-10-4-3-5-11-26/h3-16,31,35-37H,18-21H2,1-2H3,(H,38,39)/t31-/m1/s1. The Balaban J connectivity index is 1.58. The van der Waals surface area contributed by atoms with Gasteiger partial charge in [-0.1, -0.05) is 60.7 Å². The number of carboxylic acids is 1. The van der Waals surface area contributed by atoms with Crippen molar-refractivity contribution in [1.82, 2.24) is 5.32 Å². The lowest BCUT2D eigenvalue weighted by Gasteiger charge is -2.19. The zero-order chi connectivity index (χ0) is 28.5. The van der Waals surface area contributed by atoms with E-state index in [9.17, 15) is 20.3 Å². The molecule has 0 aliphatic heterocycles. The van der Waals surface area contributed by atoms with E-state index in [2.05, 4.69) is 54.0 Å². The largest absolute Gasteiger partial charge is 0.488 e. The number of aliphatic carboxylic acids is 1. The summed E-state index contributed by atoms with van der Waals surface area (Å²) in [5, 5.41) is 34.4. The van der Waals surface area contributed by atoms with Gasteiger partial charge in [-0.05, 0) is 65.4 Å². The average Bonchev–Trinajstić information content (AvgIpc) is 2.97. The van der Waals surface area contributed by atoms with Gasteiger partial charge in [-0.25, -0.2) is 0 Å². The number of aliphatic hydroxyl groups excluding tert-OH is 1. The van der Waals surface area contributed by atoms with Crippen LogP contribution in [0.25, 0.3) is 11.1 Å². The number of aliphatic hydroxyl groups is 1. The third-order valence-corrected chi connectivity index (χ3v) is 6.88. The van der Waals surface area contributed by atoms with E-state index in [-0.39, 0.29) is 13.2 Å². The van der Waals surface area contributed by atoms with Crippen LogP contribution in [0.5, 0.6) is 5.75 Å². The number of benzene rings is 4. The van der Waals surface area contributed by atoms with Crippen molar-refractivity contribution >= 4 is 11.7 Å². The summed E-state index contributed by atoms with van der Waals surface area (Å²) >= 11 is 0. The molecule has 7 heteroatoms. The predicted molar refractivity (Wildman–Crippen MR) is 156 cm³/mol. The summed E-state index contributed by atoms with van der Waals surface area (Å²) in [6.07, 6.45) is 0. The maximum atomic E-state index is 11.4. The number of hydrogen-bond donors (Lipinski definition) is 4. The van der Waals surface area contributed by atoms with Gasteiger partial charge in [0, 0.05) is 30.4 Å². The van der Waals surface area contributed by atoms with Crippen molar-refractivity contribution in [2.24, 2.45) is 0 Å². The average molecular weight is 536 g/mol. The van der Waals surface area contributed by atoms with E-state index in [0.29, 0.717) is 17.9 Å². The van der Waals surface area contributed by atoms with Crippen molar-refractivity contribution in [3.8, 4) is 22.9 Å². The van der Waals surface area contributed by atoms with E-state index < -0.39 is 18.6 Å². The molecule has 4 rings (SSSR count). The summed E-state index contributed by atoms with van der Waals surface area (Å²) in [5.41, 5.74) is 8.78. The quantitative estimate of drug-likeness (QED) is 0.188. The number of carbonyl (C=O) groups is 1. The molecule has 7 nitrogen and oxygen atoms in total. The molecule has 0 aromatic heterocycles. The van der Waals surface area contributed by atoms with Crippen molar-refractivity contribution in [2.45, 2.75) is 39.6 Å². The van der Waals surface area contributed by atoms with Crippen molar-refractivity contribution in [1.29, 1.82) is 5.26 Å². The number of nitrogens with zero attached hydrogens (tertiary/aromatic N) is 1. The second-order valence-electron chi connectivity index (χ2n) is 9.64. The van der Waals surface area contributed by atoms with Gasteiger partial charge in [-0.3, -0.25) is 10.1 Å². The summed E-state index contributed by atoms with van der Waals surface area (Å²) in [6, 6.07) is 28.8. The highest BCUT2D eigenvalue weighted by molar-refractivity contribution is 5.73. The number of rotatable bonds is 12. The molecule has 0 spiro atoms. The molecule has 4 aromatic carbocycles. The lowest BCUT2D eigenvalue weighted by Crippen LogP contribution is -2.39. The first-order valence-corrected chi connectivity index (χ1v) is 13.1. The second kappa shape index (κ2) is 13.4. The summed E-state index contributed by atoms with van der Waals surface area (Å²) in [4.78, 5) is 11.4. The molecule has 0 saturated heterocycles. The molecule has 0 aliphatic carbocycles. The van der Waals surface area contributed by atoms with Crippen LogP contribution in [0.15, 0.2) is 84.9 Å². The maximum Gasteiger partial charge on any atom is 0.323 e. The second-order valence-corrected chi connectivity index (χ2v) is 9.64. The van der Waals surface area contributed by atoms with Crippen LogP contribution in [-0.4, -0.2) is 28.8 Å². The number of carboxylic acid groups (broad SMARTS) is 1. The highest BCUT2D eigenvalue weighted by Crippen LogP contribution is 2.30. The number of nitrogens with one attached hydrogen (secondary N) is 2. The van der Waals surface area contributed by atoms with E-state index in [0.717, 1.165) is 22.4 Å². The minimum absolute atomic E-state index is 0.199. The van der Waals surface area contributed by atoms with Gasteiger partial charge in [0.1, 0.15) is 18.4 Å². The Morgan fingerprint density at radius 2 is 1.73 bits per heavy atom. The zero-order valence-corrected chi connectivity index (χ0v) is 22.6. The molecule has 0 bridgehead atoms. The molecule has 0 aliphatic rings. The maximum absolute atomic E-state index is 11.4. The van der Waals surface area contributed by atoms with Gasteiger partial charge in [-0.15, -0.1) is 0 Å². The van der Waals surface area contributed by atoms with E-state index in [1.54, 1.807) is 12.1 Å². The van der Waals surface area contributed by atoms with Crippen LogP contribution in [0.3, 0.4) is 0 Å². The van der Waals surface area contributed by atoms with Crippen molar-refractivity contribution in [3.05, 3.63) is 118 Å². The molecule has 204 valence electrons. The Labute approximate surface area is 234 Å². The summed E-state index contributed by atoms with van der Waals surface area (Å²) in [6.45, 7) is 4.65. The van der Waals surface area contributed by atoms with Crippen LogP contribution in [-0.2, 0) is 24.5 Å². The topological polar surface area (TPSA) is 115 Å². The Morgan fingerprint density at radius 3 is 2.45 bits per heavy atom. The third kappa shape index (κ3) is 7.06. The smallest absolute Gasteiger partial charge is 0.323 e. The fourth-order valence-electron chi connectivity index (χ4n) is 4.56. The molecule has 0 fully saturated rings. The van der Waals surface area contributed by atoms with Crippen molar-refractivity contribution < 1.29 is 19.7 Å². The first kappa shape index (κ1) is 28.4.